The molecule has 4 nitrogen and oxygen atoms in total. The molecule has 1 heterocycles. The van der Waals surface area contributed by atoms with Crippen LogP contribution in [-0.4, -0.2) is 34.5 Å². The Balaban J connectivity index is 1.55. The van der Waals surface area contributed by atoms with Crippen molar-refractivity contribution in [3.05, 3.63) is 0 Å². The van der Waals surface area contributed by atoms with Gasteiger partial charge in [0.1, 0.15) is 0 Å². The second-order valence-corrected chi connectivity index (χ2v) is 8.09. The minimum atomic E-state index is -0.773. The molecule has 21 heavy (non-hydrogen) atoms. The lowest BCUT2D eigenvalue weighted by atomic mass is 9.49. The minimum Gasteiger partial charge on any atom is -0.481 e. The maximum absolute atomic E-state index is 13.2. The van der Waals surface area contributed by atoms with Crippen LogP contribution in [0.3, 0.4) is 0 Å². The van der Waals surface area contributed by atoms with Gasteiger partial charge in [0.15, 0.2) is 0 Å². The summed E-state index contributed by atoms with van der Waals surface area (Å²) in [6.45, 7) is 0.776. The molecule has 1 aliphatic heterocycles. The van der Waals surface area contributed by atoms with Crippen molar-refractivity contribution in [2.75, 3.05) is 6.54 Å². The number of carbonyl (C=O) groups excluding carboxylic acids is 1. The van der Waals surface area contributed by atoms with Crippen LogP contribution < -0.4 is 0 Å². The molecule has 0 radical (unpaired) electrons. The summed E-state index contributed by atoms with van der Waals surface area (Å²) < 4.78 is 0. The Morgan fingerprint density at radius 3 is 2.14 bits per heavy atom. The van der Waals surface area contributed by atoms with Crippen LogP contribution in [0.25, 0.3) is 0 Å². The molecule has 0 spiro atoms. The molecule has 0 aromatic carbocycles. The van der Waals surface area contributed by atoms with Gasteiger partial charge in [-0.2, -0.15) is 0 Å². The van der Waals surface area contributed by atoms with Crippen LogP contribution in [0.5, 0.6) is 0 Å². The fourth-order valence-corrected chi connectivity index (χ4v) is 6.19. The monoisotopic (exact) mass is 291 g/mol. The standard InChI is InChI=1S/C17H25NO3/c19-15(20)7-14-2-1-3-18(14)16(21)17-8-11-4-12(9-17)6-13(5-11)10-17/h11-14H,1-10H2,(H,19,20). The maximum Gasteiger partial charge on any atom is 0.305 e. The molecular formula is C17H25NO3. The van der Waals surface area contributed by atoms with Gasteiger partial charge in [0.25, 0.3) is 0 Å². The molecule has 4 bridgehead atoms. The first-order chi connectivity index (χ1) is 10.1. The molecule has 5 aliphatic rings. The second-order valence-electron chi connectivity index (χ2n) is 8.09. The first-order valence-corrected chi connectivity index (χ1v) is 8.58. The van der Waals surface area contributed by atoms with Crippen molar-refractivity contribution >= 4 is 11.9 Å². The normalized spacial score (nSPS) is 44.3. The smallest absolute Gasteiger partial charge is 0.305 e. The van der Waals surface area contributed by atoms with Gasteiger partial charge in [-0.1, -0.05) is 0 Å². The average Bonchev–Trinajstić information content (AvgIpc) is 2.83. The molecule has 1 saturated heterocycles. The van der Waals surface area contributed by atoms with E-state index in [-0.39, 0.29) is 17.9 Å². The Bertz CT molecular complexity index is 437. The number of carboxylic acid groups (broad SMARTS) is 1. The van der Waals surface area contributed by atoms with E-state index in [0.717, 1.165) is 56.4 Å². The van der Waals surface area contributed by atoms with Crippen molar-refractivity contribution in [3.63, 3.8) is 0 Å². The van der Waals surface area contributed by atoms with Gasteiger partial charge in [0.2, 0.25) is 5.91 Å². The van der Waals surface area contributed by atoms with Gasteiger partial charge < -0.3 is 10.0 Å². The lowest BCUT2D eigenvalue weighted by Gasteiger charge is -2.56. The van der Waals surface area contributed by atoms with Crippen LogP contribution in [0.2, 0.25) is 0 Å². The van der Waals surface area contributed by atoms with E-state index in [1.165, 1.54) is 19.3 Å². The second kappa shape index (κ2) is 4.72. The third-order valence-electron chi connectivity index (χ3n) is 6.54. The molecule has 0 aromatic heterocycles. The van der Waals surface area contributed by atoms with E-state index in [1.54, 1.807) is 0 Å². The van der Waals surface area contributed by atoms with Gasteiger partial charge in [-0.3, -0.25) is 9.59 Å². The summed E-state index contributed by atoms with van der Waals surface area (Å²) in [7, 11) is 0. The highest BCUT2D eigenvalue weighted by atomic mass is 16.4. The summed E-state index contributed by atoms with van der Waals surface area (Å²) in [5, 5.41) is 9.07. The zero-order chi connectivity index (χ0) is 14.6. The van der Waals surface area contributed by atoms with Crippen LogP contribution in [0.15, 0.2) is 0 Å². The van der Waals surface area contributed by atoms with Crippen LogP contribution >= 0.6 is 0 Å². The van der Waals surface area contributed by atoms with E-state index in [9.17, 15) is 9.59 Å². The van der Waals surface area contributed by atoms with Crippen LogP contribution in [-0.2, 0) is 9.59 Å². The van der Waals surface area contributed by atoms with Gasteiger partial charge in [0.05, 0.1) is 11.8 Å². The molecule has 5 fully saturated rings. The SMILES string of the molecule is O=C(O)CC1CCCN1C(=O)C12CC3CC(CC(C3)C1)C2. The number of carbonyl (C=O) groups is 2. The molecular weight excluding hydrogens is 266 g/mol. The Hall–Kier alpha value is -1.06. The van der Waals surface area contributed by atoms with Gasteiger partial charge in [0, 0.05) is 12.6 Å². The van der Waals surface area contributed by atoms with Crippen molar-refractivity contribution in [2.45, 2.75) is 63.8 Å². The van der Waals surface area contributed by atoms with Crippen LogP contribution in [0.1, 0.15) is 57.8 Å². The van der Waals surface area contributed by atoms with Crippen molar-refractivity contribution in [3.8, 4) is 0 Å². The van der Waals surface area contributed by atoms with Crippen LogP contribution in [0, 0.1) is 23.2 Å². The van der Waals surface area contributed by atoms with Crippen molar-refractivity contribution in [2.24, 2.45) is 23.2 Å². The summed E-state index contributed by atoms with van der Waals surface area (Å²) in [6, 6.07) is -0.0528. The largest absolute Gasteiger partial charge is 0.481 e. The zero-order valence-corrected chi connectivity index (χ0v) is 12.6. The third-order valence-corrected chi connectivity index (χ3v) is 6.54. The Morgan fingerprint density at radius 2 is 1.62 bits per heavy atom. The summed E-state index contributed by atoms with van der Waals surface area (Å²) in [5.74, 6) is 1.83. The fourth-order valence-electron chi connectivity index (χ4n) is 6.19. The lowest BCUT2D eigenvalue weighted by Crippen LogP contribution is -2.55. The van der Waals surface area contributed by atoms with Crippen LogP contribution in [0.4, 0.5) is 0 Å². The maximum atomic E-state index is 13.2. The first kappa shape index (κ1) is 13.6. The number of carboxylic acids is 1. The predicted molar refractivity (Wildman–Crippen MR) is 77.6 cm³/mol. The van der Waals surface area contributed by atoms with E-state index in [4.69, 9.17) is 5.11 Å². The number of aliphatic carboxylic acids is 1. The number of likely N-dealkylation sites (tertiary alicyclic amines) is 1. The molecule has 1 amide bonds. The third kappa shape index (κ3) is 2.18. The van der Waals surface area contributed by atoms with Gasteiger partial charge in [-0.25, -0.2) is 0 Å². The van der Waals surface area contributed by atoms with Crippen molar-refractivity contribution < 1.29 is 14.7 Å². The molecule has 1 N–H and O–H groups in total. The minimum absolute atomic E-state index is 0.0528. The highest BCUT2D eigenvalue weighted by Crippen LogP contribution is 2.60. The molecule has 4 aliphatic carbocycles. The molecule has 4 saturated carbocycles. The first-order valence-electron chi connectivity index (χ1n) is 8.58. The summed E-state index contributed by atoms with van der Waals surface area (Å²) in [4.78, 5) is 26.2. The average molecular weight is 291 g/mol. The molecule has 5 rings (SSSR count). The van der Waals surface area contributed by atoms with Crippen molar-refractivity contribution in [1.82, 2.24) is 4.90 Å². The van der Waals surface area contributed by atoms with E-state index < -0.39 is 5.97 Å². The number of hydrogen-bond acceptors (Lipinski definition) is 2. The Morgan fingerprint density at radius 1 is 1.05 bits per heavy atom. The summed E-state index contributed by atoms with van der Waals surface area (Å²) >= 11 is 0. The number of rotatable bonds is 3. The van der Waals surface area contributed by atoms with Crippen molar-refractivity contribution in [1.29, 1.82) is 0 Å². The molecule has 116 valence electrons. The fraction of sp³-hybridized carbons (Fsp3) is 0.882. The quantitative estimate of drug-likeness (QED) is 0.869. The summed E-state index contributed by atoms with van der Waals surface area (Å²) in [6.07, 6.45) is 9.20. The highest BCUT2D eigenvalue weighted by Gasteiger charge is 2.56. The lowest BCUT2D eigenvalue weighted by molar-refractivity contribution is -0.159. The molecule has 1 atom stereocenters. The highest BCUT2D eigenvalue weighted by molar-refractivity contribution is 5.84. The van der Waals surface area contributed by atoms with E-state index in [0.29, 0.717) is 5.91 Å². The van der Waals surface area contributed by atoms with E-state index in [1.807, 2.05) is 4.90 Å². The number of nitrogens with zero attached hydrogens (tertiary/aromatic N) is 1. The summed E-state index contributed by atoms with van der Waals surface area (Å²) in [5.41, 5.74) is -0.115. The van der Waals surface area contributed by atoms with Gasteiger partial charge in [-0.05, 0) is 69.1 Å². The predicted octanol–water partition coefficient (Wildman–Crippen LogP) is 2.67. The Labute approximate surface area is 125 Å². The van der Waals surface area contributed by atoms with E-state index >= 15 is 0 Å². The molecule has 1 unspecified atom stereocenters. The van der Waals surface area contributed by atoms with Gasteiger partial charge in [-0.15, -0.1) is 0 Å². The zero-order valence-electron chi connectivity index (χ0n) is 12.6. The van der Waals surface area contributed by atoms with Gasteiger partial charge >= 0.3 is 5.97 Å². The van der Waals surface area contributed by atoms with E-state index in [2.05, 4.69) is 0 Å². The number of amides is 1. The topological polar surface area (TPSA) is 57.6 Å². The Kier molecular flexibility index (Phi) is 3.05. The molecule has 0 aromatic rings. The number of hydrogen-bond donors (Lipinski definition) is 1. The molecule has 4 heteroatoms.